The van der Waals surface area contributed by atoms with Crippen LogP contribution in [-0.2, 0) is 16.1 Å². The van der Waals surface area contributed by atoms with Crippen molar-refractivity contribution < 1.29 is 14.4 Å². The molecule has 3 rings (SSSR count). The van der Waals surface area contributed by atoms with Gasteiger partial charge < -0.3 is 15.5 Å². The second-order valence-electron chi connectivity index (χ2n) is 8.01. The Balaban J connectivity index is 1.44. The van der Waals surface area contributed by atoms with Crippen LogP contribution in [0.1, 0.15) is 67.8 Å². The van der Waals surface area contributed by atoms with E-state index in [0.29, 0.717) is 18.0 Å². The van der Waals surface area contributed by atoms with Crippen molar-refractivity contribution in [2.24, 2.45) is 5.92 Å². The van der Waals surface area contributed by atoms with Crippen LogP contribution in [0.15, 0.2) is 24.3 Å². The summed E-state index contributed by atoms with van der Waals surface area (Å²) in [5, 5.41) is 5.84. The van der Waals surface area contributed by atoms with Crippen LogP contribution in [0.4, 0.5) is 0 Å². The molecule has 0 atom stereocenters. The summed E-state index contributed by atoms with van der Waals surface area (Å²) in [6.07, 6.45) is 7.29. The third-order valence-corrected chi connectivity index (χ3v) is 5.85. The third-order valence-electron chi connectivity index (χ3n) is 5.85. The van der Waals surface area contributed by atoms with Crippen molar-refractivity contribution in [1.29, 1.82) is 0 Å². The van der Waals surface area contributed by atoms with E-state index in [1.165, 1.54) is 26.2 Å². The first-order valence-electron chi connectivity index (χ1n) is 10.5. The zero-order valence-electron chi connectivity index (χ0n) is 16.7. The van der Waals surface area contributed by atoms with Gasteiger partial charge in [0.1, 0.15) is 0 Å². The molecule has 1 aliphatic heterocycles. The molecule has 1 saturated carbocycles. The van der Waals surface area contributed by atoms with E-state index in [9.17, 15) is 14.4 Å². The maximum absolute atomic E-state index is 12.6. The van der Waals surface area contributed by atoms with E-state index in [1.807, 2.05) is 17.0 Å². The SMILES string of the molecule is CC(=O)NCc1ccc(C(=O)NC2CCN(C(=O)C3CCCCC3)CC2)cc1. The summed E-state index contributed by atoms with van der Waals surface area (Å²) in [5.74, 6) is 0.383. The molecule has 1 saturated heterocycles. The Hall–Kier alpha value is -2.37. The molecule has 1 heterocycles. The number of likely N-dealkylation sites (tertiary alicyclic amines) is 1. The van der Waals surface area contributed by atoms with Crippen LogP contribution in [-0.4, -0.2) is 41.8 Å². The number of benzene rings is 1. The van der Waals surface area contributed by atoms with Crippen LogP contribution < -0.4 is 10.6 Å². The predicted molar refractivity (Wildman–Crippen MR) is 108 cm³/mol. The van der Waals surface area contributed by atoms with Crippen LogP contribution in [0.3, 0.4) is 0 Å². The lowest BCUT2D eigenvalue weighted by Gasteiger charge is -2.35. The first-order chi connectivity index (χ1) is 13.5. The smallest absolute Gasteiger partial charge is 0.251 e. The van der Waals surface area contributed by atoms with Crippen LogP contribution in [0, 0.1) is 5.92 Å². The van der Waals surface area contributed by atoms with Crippen molar-refractivity contribution in [1.82, 2.24) is 15.5 Å². The number of piperidine rings is 1. The summed E-state index contributed by atoms with van der Waals surface area (Å²) in [6.45, 7) is 3.41. The highest BCUT2D eigenvalue weighted by Crippen LogP contribution is 2.26. The zero-order valence-corrected chi connectivity index (χ0v) is 16.7. The number of amides is 3. The molecule has 6 heteroatoms. The highest BCUT2D eigenvalue weighted by Gasteiger charge is 2.29. The van der Waals surface area contributed by atoms with E-state index < -0.39 is 0 Å². The van der Waals surface area contributed by atoms with Gasteiger partial charge in [0, 0.05) is 44.1 Å². The van der Waals surface area contributed by atoms with Gasteiger partial charge in [-0.05, 0) is 43.4 Å². The summed E-state index contributed by atoms with van der Waals surface area (Å²) in [6, 6.07) is 7.40. The third kappa shape index (κ3) is 5.57. The monoisotopic (exact) mass is 385 g/mol. The van der Waals surface area contributed by atoms with Gasteiger partial charge in [-0.2, -0.15) is 0 Å². The first-order valence-corrected chi connectivity index (χ1v) is 10.5. The first kappa shape index (κ1) is 20.4. The fourth-order valence-corrected chi connectivity index (χ4v) is 4.12. The van der Waals surface area contributed by atoms with E-state index >= 15 is 0 Å². The molecule has 2 aliphatic rings. The van der Waals surface area contributed by atoms with E-state index in [-0.39, 0.29) is 23.8 Å². The van der Waals surface area contributed by atoms with Gasteiger partial charge in [-0.3, -0.25) is 14.4 Å². The van der Waals surface area contributed by atoms with E-state index in [4.69, 9.17) is 0 Å². The highest BCUT2D eigenvalue weighted by atomic mass is 16.2. The normalized spacial score (nSPS) is 18.5. The van der Waals surface area contributed by atoms with Crippen molar-refractivity contribution in [3.63, 3.8) is 0 Å². The Morgan fingerprint density at radius 3 is 2.21 bits per heavy atom. The summed E-state index contributed by atoms with van der Waals surface area (Å²) in [5.41, 5.74) is 1.58. The molecule has 0 unspecified atom stereocenters. The maximum atomic E-state index is 12.6. The predicted octanol–water partition coefficient (Wildman–Crippen LogP) is 2.62. The Morgan fingerprint density at radius 2 is 1.61 bits per heavy atom. The van der Waals surface area contributed by atoms with Gasteiger partial charge in [0.05, 0.1) is 0 Å². The molecule has 0 radical (unpaired) electrons. The van der Waals surface area contributed by atoms with Crippen LogP contribution in [0.25, 0.3) is 0 Å². The molecule has 152 valence electrons. The topological polar surface area (TPSA) is 78.5 Å². The summed E-state index contributed by atoms with van der Waals surface area (Å²) in [7, 11) is 0. The molecule has 1 aromatic carbocycles. The average Bonchev–Trinajstić information content (AvgIpc) is 2.73. The van der Waals surface area contributed by atoms with Crippen molar-refractivity contribution in [2.75, 3.05) is 13.1 Å². The standard InChI is InChI=1S/C22H31N3O3/c1-16(26)23-15-17-7-9-18(10-8-17)21(27)24-20-11-13-25(14-12-20)22(28)19-5-3-2-4-6-19/h7-10,19-20H,2-6,11-15H2,1H3,(H,23,26)(H,24,27). The summed E-state index contributed by atoms with van der Waals surface area (Å²) < 4.78 is 0. The van der Waals surface area contributed by atoms with Gasteiger partial charge in [-0.25, -0.2) is 0 Å². The van der Waals surface area contributed by atoms with Crippen LogP contribution in [0.2, 0.25) is 0 Å². The lowest BCUT2D eigenvalue weighted by atomic mass is 9.87. The van der Waals surface area contributed by atoms with Gasteiger partial charge in [0.15, 0.2) is 0 Å². The minimum absolute atomic E-state index is 0.0740. The van der Waals surface area contributed by atoms with E-state index in [2.05, 4.69) is 10.6 Å². The lowest BCUT2D eigenvalue weighted by molar-refractivity contribution is -0.137. The fourth-order valence-electron chi connectivity index (χ4n) is 4.12. The number of nitrogens with zero attached hydrogens (tertiary/aromatic N) is 1. The molecule has 0 bridgehead atoms. The molecule has 1 aliphatic carbocycles. The molecule has 3 amide bonds. The Kier molecular flexibility index (Phi) is 7.06. The molecule has 0 aromatic heterocycles. The molecular weight excluding hydrogens is 354 g/mol. The zero-order chi connectivity index (χ0) is 19.9. The highest BCUT2D eigenvalue weighted by molar-refractivity contribution is 5.94. The van der Waals surface area contributed by atoms with Crippen molar-refractivity contribution in [3.8, 4) is 0 Å². The van der Waals surface area contributed by atoms with Gasteiger partial charge >= 0.3 is 0 Å². The van der Waals surface area contributed by atoms with Gasteiger partial charge in [0.25, 0.3) is 5.91 Å². The molecule has 0 spiro atoms. The van der Waals surface area contributed by atoms with Crippen LogP contribution >= 0.6 is 0 Å². The second-order valence-corrected chi connectivity index (χ2v) is 8.01. The minimum Gasteiger partial charge on any atom is -0.352 e. The van der Waals surface area contributed by atoms with E-state index in [1.54, 1.807) is 12.1 Å². The van der Waals surface area contributed by atoms with Gasteiger partial charge in [-0.1, -0.05) is 31.4 Å². The number of carbonyl (C=O) groups is 3. The number of hydrogen-bond donors (Lipinski definition) is 2. The van der Waals surface area contributed by atoms with Gasteiger partial charge in [-0.15, -0.1) is 0 Å². The fraction of sp³-hybridized carbons (Fsp3) is 0.591. The lowest BCUT2D eigenvalue weighted by Crippen LogP contribution is -2.48. The number of nitrogens with one attached hydrogen (secondary N) is 2. The Labute approximate surface area is 167 Å². The molecular formula is C22H31N3O3. The quantitative estimate of drug-likeness (QED) is 0.818. The second kappa shape index (κ2) is 9.71. The Bertz CT molecular complexity index is 687. The Morgan fingerprint density at radius 1 is 0.964 bits per heavy atom. The number of hydrogen-bond acceptors (Lipinski definition) is 3. The maximum Gasteiger partial charge on any atom is 0.251 e. The summed E-state index contributed by atoms with van der Waals surface area (Å²) >= 11 is 0. The van der Waals surface area contributed by atoms with Crippen molar-refractivity contribution >= 4 is 17.7 Å². The molecule has 6 nitrogen and oxygen atoms in total. The molecule has 2 fully saturated rings. The summed E-state index contributed by atoms with van der Waals surface area (Å²) in [4.78, 5) is 38.1. The van der Waals surface area contributed by atoms with Crippen molar-refractivity contribution in [2.45, 2.75) is 64.5 Å². The van der Waals surface area contributed by atoms with E-state index in [0.717, 1.165) is 44.3 Å². The minimum atomic E-state index is -0.0804. The number of rotatable bonds is 5. The van der Waals surface area contributed by atoms with Gasteiger partial charge in [0.2, 0.25) is 11.8 Å². The molecule has 2 N–H and O–H groups in total. The average molecular weight is 386 g/mol. The van der Waals surface area contributed by atoms with Crippen molar-refractivity contribution in [3.05, 3.63) is 35.4 Å². The molecule has 28 heavy (non-hydrogen) atoms. The molecule has 1 aromatic rings. The largest absolute Gasteiger partial charge is 0.352 e. The number of carbonyl (C=O) groups excluding carboxylic acids is 3. The van der Waals surface area contributed by atoms with Crippen LogP contribution in [0.5, 0.6) is 0 Å².